The maximum absolute atomic E-state index is 10.8. The molecule has 0 fully saturated rings. The molecule has 1 aliphatic carbocycles. The molecule has 0 aromatic carbocycles. The van der Waals surface area contributed by atoms with Gasteiger partial charge in [0.05, 0.1) is 7.11 Å². The molecule has 2 unspecified atom stereocenters. The van der Waals surface area contributed by atoms with Crippen molar-refractivity contribution in [3.8, 4) is 0 Å². The first-order chi connectivity index (χ1) is 6.59. The zero-order chi connectivity index (χ0) is 10.6. The van der Waals surface area contributed by atoms with Crippen LogP contribution in [-0.2, 0) is 9.53 Å². The monoisotopic (exact) mass is 196 g/mol. The molecule has 0 saturated heterocycles. The largest absolute Gasteiger partial charge is 0.466 e. The third-order valence-corrected chi connectivity index (χ3v) is 2.48. The lowest BCUT2D eigenvalue weighted by Gasteiger charge is -2.16. The standard InChI is InChI=1S/C11H16O3/c1-3-9-4-6-11(13,8-9)7-5-10(12)14-2/h4-7,9,13H,3,8H2,1-2H3. The van der Waals surface area contributed by atoms with Gasteiger partial charge >= 0.3 is 5.97 Å². The first-order valence-corrected chi connectivity index (χ1v) is 4.78. The molecule has 3 nitrogen and oxygen atoms in total. The molecule has 78 valence electrons. The number of methoxy groups -OCH3 is 1. The molecule has 0 aliphatic heterocycles. The summed E-state index contributed by atoms with van der Waals surface area (Å²) < 4.78 is 4.45. The van der Waals surface area contributed by atoms with E-state index in [9.17, 15) is 9.90 Å². The molecule has 1 rings (SSSR count). The highest BCUT2D eigenvalue weighted by molar-refractivity contribution is 5.82. The van der Waals surface area contributed by atoms with Crippen LogP contribution >= 0.6 is 0 Å². The van der Waals surface area contributed by atoms with Crippen LogP contribution in [0, 0.1) is 5.92 Å². The predicted molar refractivity (Wildman–Crippen MR) is 53.6 cm³/mol. The van der Waals surface area contributed by atoms with Crippen molar-refractivity contribution in [2.75, 3.05) is 7.11 Å². The fourth-order valence-electron chi connectivity index (χ4n) is 1.54. The third-order valence-electron chi connectivity index (χ3n) is 2.48. The first kappa shape index (κ1) is 11.0. The summed E-state index contributed by atoms with van der Waals surface area (Å²) in [6.07, 6.45) is 8.14. The van der Waals surface area contributed by atoms with Gasteiger partial charge in [-0.15, -0.1) is 0 Å². The molecule has 0 amide bonds. The summed E-state index contributed by atoms with van der Waals surface area (Å²) in [5.41, 5.74) is -0.963. The maximum atomic E-state index is 10.8. The maximum Gasteiger partial charge on any atom is 0.330 e. The Morgan fingerprint density at radius 3 is 3.00 bits per heavy atom. The van der Waals surface area contributed by atoms with Gasteiger partial charge in [-0.1, -0.05) is 19.1 Å². The van der Waals surface area contributed by atoms with E-state index in [1.54, 1.807) is 6.08 Å². The van der Waals surface area contributed by atoms with Crippen molar-refractivity contribution < 1.29 is 14.6 Å². The van der Waals surface area contributed by atoms with Crippen molar-refractivity contribution in [2.45, 2.75) is 25.4 Å². The number of hydrogen-bond donors (Lipinski definition) is 1. The van der Waals surface area contributed by atoms with Crippen LogP contribution in [0.4, 0.5) is 0 Å². The smallest absolute Gasteiger partial charge is 0.330 e. The molecule has 0 spiro atoms. The Hall–Kier alpha value is -1.09. The fraction of sp³-hybridized carbons (Fsp3) is 0.545. The van der Waals surface area contributed by atoms with Gasteiger partial charge in [-0.05, 0) is 24.8 Å². The minimum atomic E-state index is -0.963. The van der Waals surface area contributed by atoms with Gasteiger partial charge in [0.2, 0.25) is 0 Å². The van der Waals surface area contributed by atoms with E-state index in [0.29, 0.717) is 12.3 Å². The van der Waals surface area contributed by atoms with Crippen LogP contribution in [0.3, 0.4) is 0 Å². The highest BCUT2D eigenvalue weighted by Gasteiger charge is 2.28. The number of allylic oxidation sites excluding steroid dienone is 1. The fourth-order valence-corrected chi connectivity index (χ4v) is 1.54. The summed E-state index contributed by atoms with van der Waals surface area (Å²) >= 11 is 0. The van der Waals surface area contributed by atoms with Crippen molar-refractivity contribution in [1.29, 1.82) is 0 Å². The molecular weight excluding hydrogens is 180 g/mol. The summed E-state index contributed by atoms with van der Waals surface area (Å²) in [5, 5.41) is 9.96. The predicted octanol–water partition coefficient (Wildman–Crippen LogP) is 1.43. The SMILES string of the molecule is CCC1C=CC(O)(C=CC(=O)OC)C1. The van der Waals surface area contributed by atoms with E-state index >= 15 is 0 Å². The molecule has 0 bridgehead atoms. The van der Waals surface area contributed by atoms with E-state index in [1.165, 1.54) is 19.3 Å². The molecule has 3 heteroatoms. The summed E-state index contributed by atoms with van der Waals surface area (Å²) in [7, 11) is 1.32. The van der Waals surface area contributed by atoms with Crippen molar-refractivity contribution in [2.24, 2.45) is 5.92 Å². The molecule has 2 atom stereocenters. The van der Waals surface area contributed by atoms with Gasteiger partial charge in [-0.3, -0.25) is 0 Å². The molecule has 0 saturated carbocycles. The van der Waals surface area contributed by atoms with Crippen LogP contribution in [0.2, 0.25) is 0 Å². The van der Waals surface area contributed by atoms with E-state index in [1.807, 2.05) is 6.08 Å². The lowest BCUT2D eigenvalue weighted by molar-refractivity contribution is -0.134. The first-order valence-electron chi connectivity index (χ1n) is 4.78. The second-order valence-corrected chi connectivity index (χ2v) is 3.58. The Morgan fingerprint density at radius 1 is 1.79 bits per heavy atom. The van der Waals surface area contributed by atoms with Crippen LogP contribution in [0.1, 0.15) is 19.8 Å². The van der Waals surface area contributed by atoms with Crippen LogP contribution in [0.5, 0.6) is 0 Å². The minimum Gasteiger partial charge on any atom is -0.466 e. The number of aliphatic hydroxyl groups is 1. The lowest BCUT2D eigenvalue weighted by Crippen LogP contribution is -2.21. The van der Waals surface area contributed by atoms with Gasteiger partial charge < -0.3 is 9.84 Å². The van der Waals surface area contributed by atoms with Crippen molar-refractivity contribution in [1.82, 2.24) is 0 Å². The minimum absolute atomic E-state index is 0.405. The lowest BCUT2D eigenvalue weighted by atomic mass is 9.97. The summed E-state index contributed by atoms with van der Waals surface area (Å²) in [5.74, 6) is -0.0333. The van der Waals surface area contributed by atoms with Gasteiger partial charge in [0.25, 0.3) is 0 Å². The zero-order valence-electron chi connectivity index (χ0n) is 8.56. The van der Waals surface area contributed by atoms with Gasteiger partial charge in [-0.2, -0.15) is 0 Å². The van der Waals surface area contributed by atoms with Crippen molar-refractivity contribution in [3.05, 3.63) is 24.3 Å². The normalized spacial score (nSPS) is 31.2. The Morgan fingerprint density at radius 2 is 2.50 bits per heavy atom. The second kappa shape index (κ2) is 4.42. The van der Waals surface area contributed by atoms with E-state index < -0.39 is 11.6 Å². The Kier molecular flexibility index (Phi) is 3.47. The summed E-state index contributed by atoms with van der Waals surface area (Å²) in [6, 6.07) is 0. The molecule has 1 N–H and O–H groups in total. The van der Waals surface area contributed by atoms with E-state index in [0.717, 1.165) is 6.42 Å². The molecule has 14 heavy (non-hydrogen) atoms. The van der Waals surface area contributed by atoms with Gasteiger partial charge in [0.1, 0.15) is 5.60 Å². The second-order valence-electron chi connectivity index (χ2n) is 3.58. The Bertz CT molecular complexity index is 268. The van der Waals surface area contributed by atoms with Crippen LogP contribution in [0.15, 0.2) is 24.3 Å². The number of hydrogen-bond acceptors (Lipinski definition) is 3. The average Bonchev–Trinajstić information content (AvgIpc) is 2.57. The van der Waals surface area contributed by atoms with Crippen molar-refractivity contribution >= 4 is 5.97 Å². The van der Waals surface area contributed by atoms with Gasteiger partial charge in [0, 0.05) is 6.08 Å². The van der Waals surface area contributed by atoms with Gasteiger partial charge in [0.15, 0.2) is 0 Å². The number of carbonyl (C=O) groups is 1. The van der Waals surface area contributed by atoms with Crippen LogP contribution in [-0.4, -0.2) is 23.8 Å². The Balaban J connectivity index is 2.57. The molecule has 0 heterocycles. The molecule has 0 aromatic rings. The summed E-state index contributed by atoms with van der Waals surface area (Å²) in [4.78, 5) is 10.8. The average molecular weight is 196 g/mol. The van der Waals surface area contributed by atoms with Crippen molar-refractivity contribution in [3.63, 3.8) is 0 Å². The zero-order valence-corrected chi connectivity index (χ0v) is 8.56. The number of ether oxygens (including phenoxy) is 1. The highest BCUT2D eigenvalue weighted by atomic mass is 16.5. The third kappa shape index (κ3) is 2.70. The molecule has 0 radical (unpaired) electrons. The van der Waals surface area contributed by atoms with E-state index in [-0.39, 0.29) is 0 Å². The number of rotatable bonds is 3. The van der Waals surface area contributed by atoms with Crippen LogP contribution in [0.25, 0.3) is 0 Å². The quantitative estimate of drug-likeness (QED) is 0.422. The molecule has 1 aliphatic rings. The Labute approximate surface area is 84.1 Å². The number of esters is 1. The highest BCUT2D eigenvalue weighted by Crippen LogP contribution is 2.30. The molecule has 0 aromatic heterocycles. The summed E-state index contributed by atoms with van der Waals surface area (Å²) in [6.45, 7) is 2.07. The van der Waals surface area contributed by atoms with E-state index in [2.05, 4.69) is 11.7 Å². The van der Waals surface area contributed by atoms with Crippen LogP contribution < -0.4 is 0 Å². The van der Waals surface area contributed by atoms with E-state index in [4.69, 9.17) is 0 Å². The van der Waals surface area contributed by atoms with Gasteiger partial charge in [-0.25, -0.2) is 4.79 Å². The topological polar surface area (TPSA) is 46.5 Å². The molecular formula is C11H16O3. The number of carbonyl (C=O) groups excluding carboxylic acids is 1.